The third kappa shape index (κ3) is 3.19. The first-order chi connectivity index (χ1) is 13.6. The zero-order valence-corrected chi connectivity index (χ0v) is 17.2. The molecule has 0 amide bonds. The van der Waals surface area contributed by atoms with E-state index in [4.69, 9.17) is 0 Å². The Hall–Kier alpha value is -1.21. The molecule has 7 heteroatoms. The predicted octanol–water partition coefficient (Wildman–Crippen LogP) is 5.15. The lowest BCUT2D eigenvalue weighted by Crippen LogP contribution is -2.51. The molecule has 4 rings (SSSR count). The van der Waals surface area contributed by atoms with Crippen LogP contribution in [0.5, 0.6) is 0 Å². The Morgan fingerprint density at radius 2 is 1.41 bits per heavy atom. The lowest BCUT2D eigenvalue weighted by Gasteiger charge is -2.42. The van der Waals surface area contributed by atoms with Crippen LogP contribution < -0.4 is 5.32 Å². The van der Waals surface area contributed by atoms with Crippen molar-refractivity contribution >= 4 is 0 Å². The molecule has 0 radical (unpaired) electrons. The van der Waals surface area contributed by atoms with Crippen molar-refractivity contribution in [1.82, 2.24) is 10.2 Å². The molecule has 1 aromatic carbocycles. The van der Waals surface area contributed by atoms with E-state index in [2.05, 4.69) is 26.1 Å². The van der Waals surface area contributed by atoms with Gasteiger partial charge in [0.05, 0.1) is 0 Å². The molecule has 3 aliphatic rings. The van der Waals surface area contributed by atoms with E-state index in [-0.39, 0.29) is 12.0 Å². The van der Waals surface area contributed by atoms with Gasteiger partial charge in [0, 0.05) is 24.2 Å². The second-order valence-electron chi connectivity index (χ2n) is 9.93. The van der Waals surface area contributed by atoms with Crippen LogP contribution in [0.15, 0.2) is 0 Å². The lowest BCUT2D eigenvalue weighted by atomic mass is 9.69. The van der Waals surface area contributed by atoms with Gasteiger partial charge >= 0.3 is 0 Å². The Kier molecular flexibility index (Phi) is 5.21. The fourth-order valence-corrected chi connectivity index (χ4v) is 6.01. The monoisotopic (exact) mass is 416 g/mol. The van der Waals surface area contributed by atoms with Crippen molar-refractivity contribution in [3.63, 3.8) is 0 Å². The first-order valence-electron chi connectivity index (χ1n) is 10.5. The number of rotatable bonds is 4. The van der Waals surface area contributed by atoms with Gasteiger partial charge in [-0.2, -0.15) is 0 Å². The van der Waals surface area contributed by atoms with Gasteiger partial charge < -0.3 is 5.32 Å². The van der Waals surface area contributed by atoms with Crippen molar-refractivity contribution in [1.29, 1.82) is 0 Å². The number of benzene rings is 1. The molecule has 1 heterocycles. The number of likely N-dealkylation sites (tertiary alicyclic amines) is 1. The van der Waals surface area contributed by atoms with Crippen LogP contribution in [0.2, 0.25) is 0 Å². The number of piperidine rings is 1. The minimum atomic E-state index is -2.10. The summed E-state index contributed by atoms with van der Waals surface area (Å²) in [6.07, 6.45) is 5.32. The number of fused-ring (bicyclic) bond motifs is 2. The Labute approximate surface area is 168 Å². The van der Waals surface area contributed by atoms with Gasteiger partial charge in [0.15, 0.2) is 23.3 Å². The average molecular weight is 416 g/mol. The average Bonchev–Trinajstić information content (AvgIpc) is 3.03. The van der Waals surface area contributed by atoms with Gasteiger partial charge in [-0.15, -0.1) is 0 Å². The van der Waals surface area contributed by atoms with Crippen LogP contribution in [0.3, 0.4) is 0 Å². The van der Waals surface area contributed by atoms with Crippen molar-refractivity contribution in [2.24, 2.45) is 16.7 Å². The highest BCUT2D eigenvalue weighted by molar-refractivity contribution is 5.24. The number of hydrogen-bond donors (Lipinski definition) is 1. The molecule has 0 unspecified atom stereocenters. The zero-order chi connectivity index (χ0) is 21.1. The molecule has 29 heavy (non-hydrogen) atoms. The van der Waals surface area contributed by atoms with Gasteiger partial charge in [-0.1, -0.05) is 20.8 Å². The summed E-state index contributed by atoms with van der Waals surface area (Å²) in [4.78, 5) is 1.77. The Bertz CT molecular complexity index is 774. The van der Waals surface area contributed by atoms with Crippen LogP contribution >= 0.6 is 0 Å². The topological polar surface area (TPSA) is 15.3 Å². The van der Waals surface area contributed by atoms with Gasteiger partial charge in [0.2, 0.25) is 5.82 Å². The Morgan fingerprint density at radius 1 is 0.862 bits per heavy atom. The van der Waals surface area contributed by atoms with E-state index in [1.165, 1.54) is 19.3 Å². The van der Waals surface area contributed by atoms with Crippen LogP contribution in [0, 0.1) is 45.8 Å². The molecule has 2 saturated carbocycles. The van der Waals surface area contributed by atoms with E-state index < -0.39 is 34.6 Å². The molecule has 162 valence electrons. The fraction of sp³-hybridized carbons (Fsp3) is 0.727. The molecule has 2 aliphatic carbocycles. The highest BCUT2D eigenvalue weighted by Gasteiger charge is 2.61. The van der Waals surface area contributed by atoms with E-state index in [9.17, 15) is 22.0 Å². The summed E-state index contributed by atoms with van der Waals surface area (Å²) in [6, 6.07) is 0.794. The minimum absolute atomic E-state index is 0.269. The van der Waals surface area contributed by atoms with Crippen molar-refractivity contribution < 1.29 is 22.0 Å². The molecule has 2 nitrogen and oxygen atoms in total. The summed E-state index contributed by atoms with van der Waals surface area (Å²) in [5.74, 6) is -8.55. The smallest absolute Gasteiger partial charge is 0.200 e. The third-order valence-corrected chi connectivity index (χ3v) is 8.50. The first kappa shape index (κ1) is 21.0. The summed E-state index contributed by atoms with van der Waals surface area (Å²) in [6.45, 7) is 7.99. The van der Waals surface area contributed by atoms with Gasteiger partial charge in [0.1, 0.15) is 0 Å². The van der Waals surface area contributed by atoms with Gasteiger partial charge in [-0.25, -0.2) is 22.0 Å². The summed E-state index contributed by atoms with van der Waals surface area (Å²) >= 11 is 0. The second-order valence-corrected chi connectivity index (χ2v) is 9.93. The van der Waals surface area contributed by atoms with Crippen LogP contribution in [0.1, 0.15) is 58.4 Å². The maximum Gasteiger partial charge on any atom is 0.200 e. The molecule has 3 atom stereocenters. The Morgan fingerprint density at radius 3 is 1.90 bits per heavy atom. The molecule has 1 aliphatic heterocycles. The highest BCUT2D eigenvalue weighted by Crippen LogP contribution is 2.65. The maximum atomic E-state index is 13.9. The number of nitrogens with one attached hydrogen (secondary N) is 1. The van der Waals surface area contributed by atoms with Crippen LogP contribution in [-0.4, -0.2) is 30.1 Å². The largest absolute Gasteiger partial charge is 0.311 e. The van der Waals surface area contributed by atoms with Crippen LogP contribution in [0.25, 0.3) is 0 Å². The SMILES string of the molecule is CC1(C)[C@@H]2CC[C@@]1(C)[C@H](NC1CCN(Cc3c(F)c(F)c(F)c(F)c3F)CC1)C2. The number of hydrogen-bond acceptors (Lipinski definition) is 2. The van der Waals surface area contributed by atoms with E-state index in [0.29, 0.717) is 30.6 Å². The summed E-state index contributed by atoms with van der Waals surface area (Å²) in [7, 11) is 0. The number of nitrogens with zero attached hydrogens (tertiary/aromatic N) is 1. The van der Waals surface area contributed by atoms with Gasteiger partial charge in [-0.05, 0) is 61.9 Å². The number of halogens is 5. The third-order valence-electron chi connectivity index (χ3n) is 8.50. The first-order valence-corrected chi connectivity index (χ1v) is 10.5. The molecule has 1 aromatic rings. The summed E-state index contributed by atoms with van der Waals surface area (Å²) in [5, 5.41) is 3.83. The van der Waals surface area contributed by atoms with E-state index in [1.807, 2.05) is 0 Å². The van der Waals surface area contributed by atoms with E-state index in [0.717, 1.165) is 18.8 Å². The maximum absolute atomic E-state index is 13.9. The molecule has 3 fully saturated rings. The molecule has 2 bridgehead atoms. The fourth-order valence-electron chi connectivity index (χ4n) is 6.01. The van der Waals surface area contributed by atoms with Crippen LogP contribution in [0.4, 0.5) is 22.0 Å². The van der Waals surface area contributed by atoms with Crippen molar-refractivity contribution in [2.75, 3.05) is 13.1 Å². The highest BCUT2D eigenvalue weighted by atomic mass is 19.2. The van der Waals surface area contributed by atoms with Crippen molar-refractivity contribution in [2.45, 2.75) is 71.5 Å². The Balaban J connectivity index is 1.37. The van der Waals surface area contributed by atoms with Gasteiger partial charge in [-0.3, -0.25) is 4.90 Å². The predicted molar refractivity (Wildman–Crippen MR) is 101 cm³/mol. The molecular formula is C22H29F5N2. The van der Waals surface area contributed by atoms with Gasteiger partial charge in [0.25, 0.3) is 0 Å². The summed E-state index contributed by atoms with van der Waals surface area (Å²) < 4.78 is 68.0. The lowest BCUT2D eigenvalue weighted by molar-refractivity contribution is 0.102. The second kappa shape index (κ2) is 7.19. The molecule has 1 saturated heterocycles. The van der Waals surface area contributed by atoms with Crippen molar-refractivity contribution in [3.8, 4) is 0 Å². The zero-order valence-electron chi connectivity index (χ0n) is 17.2. The molecule has 1 N–H and O–H groups in total. The van der Waals surface area contributed by atoms with Crippen LogP contribution in [-0.2, 0) is 6.54 Å². The minimum Gasteiger partial charge on any atom is -0.311 e. The van der Waals surface area contributed by atoms with E-state index >= 15 is 0 Å². The van der Waals surface area contributed by atoms with E-state index in [1.54, 1.807) is 4.90 Å². The van der Waals surface area contributed by atoms with Crippen molar-refractivity contribution in [3.05, 3.63) is 34.6 Å². The molecule has 0 aromatic heterocycles. The standard InChI is InChI=1S/C22H29F5N2/c1-21(2)12-4-7-22(21,3)15(10-12)28-13-5-8-29(9-6-13)11-14-16(23)18(25)20(27)19(26)17(14)24/h12-13,15,28H,4-11H2,1-3H3/t12-,15-,22+/m1/s1. The quantitative estimate of drug-likeness (QED) is 0.415. The molecular weight excluding hydrogens is 387 g/mol. The summed E-state index contributed by atoms with van der Waals surface area (Å²) in [5.41, 5.74) is -0.128. The normalized spacial score (nSPS) is 32.3. The molecule has 0 spiro atoms.